The topological polar surface area (TPSA) is 78.4 Å². The number of nitrogens with zero attached hydrogens (tertiary/aromatic N) is 2. The van der Waals surface area contributed by atoms with E-state index in [9.17, 15) is 13.9 Å². The van der Waals surface area contributed by atoms with E-state index in [1.807, 2.05) is 6.92 Å². The second kappa shape index (κ2) is 11.1. The van der Waals surface area contributed by atoms with E-state index in [2.05, 4.69) is 20.5 Å². The van der Waals surface area contributed by atoms with Gasteiger partial charge in [0.15, 0.2) is 17.6 Å². The molecule has 1 unspecified atom stereocenters. The summed E-state index contributed by atoms with van der Waals surface area (Å²) in [6.07, 6.45) is 0. The molecule has 0 bridgehead atoms. The predicted octanol–water partition coefficient (Wildman–Crippen LogP) is 0.982. The minimum absolute atomic E-state index is 0.240. The Morgan fingerprint density at radius 2 is 2.04 bits per heavy atom. The Bertz CT molecular complexity index is 638. The van der Waals surface area contributed by atoms with E-state index < -0.39 is 17.2 Å². The van der Waals surface area contributed by atoms with Gasteiger partial charge in [-0.25, -0.2) is 8.78 Å². The zero-order valence-corrected chi connectivity index (χ0v) is 16.5. The van der Waals surface area contributed by atoms with Crippen molar-refractivity contribution in [3.05, 3.63) is 29.8 Å². The number of nitrogens with one attached hydrogen (secondary N) is 2. The maximum absolute atomic E-state index is 13.2. The summed E-state index contributed by atoms with van der Waals surface area (Å²) in [4.78, 5) is 6.60. The minimum Gasteiger partial charge on any atom is -0.492 e. The summed E-state index contributed by atoms with van der Waals surface area (Å²) in [5.41, 5.74) is -0.957. The first kappa shape index (κ1) is 22.3. The maximum atomic E-state index is 13.2. The first-order valence-corrected chi connectivity index (χ1v) is 9.52. The average molecular weight is 400 g/mol. The second-order valence-electron chi connectivity index (χ2n) is 6.93. The molecule has 1 heterocycles. The fourth-order valence-corrected chi connectivity index (χ4v) is 2.79. The van der Waals surface area contributed by atoms with Crippen molar-refractivity contribution in [1.29, 1.82) is 0 Å². The molecule has 28 heavy (non-hydrogen) atoms. The van der Waals surface area contributed by atoms with Crippen LogP contribution < -0.4 is 15.4 Å². The van der Waals surface area contributed by atoms with Crippen molar-refractivity contribution in [1.82, 2.24) is 15.5 Å². The lowest BCUT2D eigenvalue weighted by Gasteiger charge is -2.33. The molecule has 0 aliphatic carbocycles. The summed E-state index contributed by atoms with van der Waals surface area (Å²) in [6, 6.07) is 3.41. The standard InChI is InChI=1S/C19H30F2N4O3/c1-3-22-18(23-6-9-28-15-4-5-16(20)17(21)12-15)24-13-19(2,26)14-25-7-10-27-11-8-25/h4-5,12,26H,3,6-11,13-14H2,1-2H3,(H2,22,23,24). The Labute approximate surface area is 164 Å². The monoisotopic (exact) mass is 400 g/mol. The number of β-amino-alcohol motifs (C(OH)–C–C–N with tert-alkyl or cyclic N) is 1. The normalized spacial score (nSPS) is 17.8. The summed E-state index contributed by atoms with van der Waals surface area (Å²) >= 11 is 0. The van der Waals surface area contributed by atoms with E-state index in [-0.39, 0.29) is 18.9 Å². The van der Waals surface area contributed by atoms with Crippen LogP contribution in [0.1, 0.15) is 13.8 Å². The molecule has 0 saturated carbocycles. The van der Waals surface area contributed by atoms with Crippen molar-refractivity contribution in [2.45, 2.75) is 19.4 Å². The molecule has 0 spiro atoms. The number of rotatable bonds is 9. The molecule has 7 nitrogen and oxygen atoms in total. The van der Waals surface area contributed by atoms with Gasteiger partial charge in [-0.3, -0.25) is 9.89 Å². The molecule has 158 valence electrons. The third kappa shape index (κ3) is 7.95. The average Bonchev–Trinajstić information content (AvgIpc) is 2.66. The fraction of sp³-hybridized carbons (Fsp3) is 0.632. The molecule has 0 aromatic heterocycles. The highest BCUT2D eigenvalue weighted by Crippen LogP contribution is 2.15. The Morgan fingerprint density at radius 3 is 2.71 bits per heavy atom. The van der Waals surface area contributed by atoms with Gasteiger partial charge in [0.1, 0.15) is 12.4 Å². The van der Waals surface area contributed by atoms with Crippen LogP contribution in [0.5, 0.6) is 5.75 Å². The lowest BCUT2D eigenvalue weighted by atomic mass is 10.1. The summed E-state index contributed by atoms with van der Waals surface area (Å²) in [5, 5.41) is 16.8. The molecule has 1 fully saturated rings. The number of aliphatic hydroxyl groups is 1. The van der Waals surface area contributed by atoms with Gasteiger partial charge in [0, 0.05) is 32.2 Å². The number of guanidine groups is 1. The van der Waals surface area contributed by atoms with Gasteiger partial charge in [-0.1, -0.05) is 0 Å². The second-order valence-corrected chi connectivity index (χ2v) is 6.93. The highest BCUT2D eigenvalue weighted by atomic mass is 19.2. The SMILES string of the molecule is CCNC(=NCC(C)(O)CN1CCOCC1)NCCOc1ccc(F)c(F)c1. The van der Waals surface area contributed by atoms with Crippen LogP contribution in [0.15, 0.2) is 23.2 Å². The van der Waals surface area contributed by atoms with Crippen LogP contribution in [-0.4, -0.2) is 80.7 Å². The van der Waals surface area contributed by atoms with Crippen LogP contribution >= 0.6 is 0 Å². The van der Waals surface area contributed by atoms with Crippen molar-refractivity contribution in [3.8, 4) is 5.75 Å². The van der Waals surface area contributed by atoms with E-state index >= 15 is 0 Å². The van der Waals surface area contributed by atoms with Crippen molar-refractivity contribution >= 4 is 5.96 Å². The number of ether oxygens (including phenoxy) is 2. The number of morpholine rings is 1. The molecule has 2 rings (SSSR count). The molecule has 1 aliphatic rings. The predicted molar refractivity (Wildman–Crippen MR) is 104 cm³/mol. The van der Waals surface area contributed by atoms with Crippen LogP contribution in [0.25, 0.3) is 0 Å². The molecule has 1 aromatic carbocycles. The lowest BCUT2D eigenvalue weighted by Crippen LogP contribution is -2.48. The number of halogens is 2. The van der Waals surface area contributed by atoms with Crippen LogP contribution in [-0.2, 0) is 4.74 Å². The number of aliphatic imine (C=N–C) groups is 1. The summed E-state index contributed by atoms with van der Waals surface area (Å²) in [6.45, 7) is 8.78. The van der Waals surface area contributed by atoms with Crippen molar-refractivity contribution < 1.29 is 23.4 Å². The molecule has 1 aliphatic heterocycles. The van der Waals surface area contributed by atoms with Gasteiger partial charge in [0.2, 0.25) is 0 Å². The van der Waals surface area contributed by atoms with Crippen LogP contribution in [0.2, 0.25) is 0 Å². The van der Waals surface area contributed by atoms with Crippen molar-refractivity contribution in [2.24, 2.45) is 4.99 Å². The van der Waals surface area contributed by atoms with Gasteiger partial charge >= 0.3 is 0 Å². The largest absolute Gasteiger partial charge is 0.492 e. The van der Waals surface area contributed by atoms with Gasteiger partial charge < -0.3 is 25.2 Å². The molecular weight excluding hydrogens is 370 g/mol. The molecule has 3 N–H and O–H groups in total. The van der Waals surface area contributed by atoms with Crippen LogP contribution in [0.4, 0.5) is 8.78 Å². The molecule has 0 amide bonds. The molecular formula is C19H30F2N4O3. The maximum Gasteiger partial charge on any atom is 0.191 e. The zero-order chi connectivity index (χ0) is 20.4. The van der Waals surface area contributed by atoms with Gasteiger partial charge in [0.25, 0.3) is 0 Å². The summed E-state index contributed by atoms with van der Waals surface area (Å²) in [5.74, 6) is -1.03. The molecule has 1 atom stereocenters. The molecule has 0 radical (unpaired) electrons. The Balaban J connectivity index is 1.77. The van der Waals surface area contributed by atoms with E-state index in [4.69, 9.17) is 9.47 Å². The van der Waals surface area contributed by atoms with E-state index in [0.29, 0.717) is 38.8 Å². The van der Waals surface area contributed by atoms with Gasteiger partial charge in [-0.2, -0.15) is 0 Å². The Hall–Kier alpha value is -1.97. The first-order chi connectivity index (χ1) is 13.4. The fourth-order valence-electron chi connectivity index (χ4n) is 2.79. The van der Waals surface area contributed by atoms with Gasteiger partial charge in [0.05, 0.1) is 31.9 Å². The summed E-state index contributed by atoms with van der Waals surface area (Å²) < 4.78 is 36.8. The van der Waals surface area contributed by atoms with E-state index in [1.54, 1.807) is 6.92 Å². The van der Waals surface area contributed by atoms with Crippen LogP contribution in [0.3, 0.4) is 0 Å². The zero-order valence-electron chi connectivity index (χ0n) is 16.5. The number of hydrogen-bond donors (Lipinski definition) is 3. The van der Waals surface area contributed by atoms with Crippen molar-refractivity contribution in [2.75, 3.05) is 59.1 Å². The van der Waals surface area contributed by atoms with Gasteiger partial charge in [-0.05, 0) is 26.0 Å². The summed E-state index contributed by atoms with van der Waals surface area (Å²) in [7, 11) is 0. The number of benzene rings is 1. The molecule has 1 aromatic rings. The smallest absolute Gasteiger partial charge is 0.191 e. The Morgan fingerprint density at radius 1 is 1.29 bits per heavy atom. The van der Waals surface area contributed by atoms with E-state index in [1.165, 1.54) is 6.07 Å². The minimum atomic E-state index is -0.957. The third-order valence-electron chi connectivity index (χ3n) is 4.14. The third-order valence-corrected chi connectivity index (χ3v) is 4.14. The first-order valence-electron chi connectivity index (χ1n) is 9.52. The molecule has 9 heteroatoms. The van der Waals surface area contributed by atoms with Crippen molar-refractivity contribution in [3.63, 3.8) is 0 Å². The quantitative estimate of drug-likeness (QED) is 0.326. The molecule has 1 saturated heterocycles. The van der Waals surface area contributed by atoms with Gasteiger partial charge in [-0.15, -0.1) is 0 Å². The Kier molecular flexibility index (Phi) is 8.88. The van der Waals surface area contributed by atoms with E-state index in [0.717, 1.165) is 25.2 Å². The lowest BCUT2D eigenvalue weighted by molar-refractivity contribution is -0.0179. The van der Waals surface area contributed by atoms with Crippen LogP contribution in [0, 0.1) is 11.6 Å². The highest BCUT2D eigenvalue weighted by Gasteiger charge is 2.25. The number of hydrogen-bond acceptors (Lipinski definition) is 5. The highest BCUT2D eigenvalue weighted by molar-refractivity contribution is 5.79.